The molecule has 1 aliphatic rings. The molecule has 0 saturated heterocycles. The fourth-order valence-corrected chi connectivity index (χ4v) is 2.09. The molecule has 0 aromatic carbocycles. The maximum Gasteiger partial charge on any atom is 0.275 e. The van der Waals surface area contributed by atoms with Crippen LogP contribution in [0.1, 0.15) is 24.1 Å². The largest absolute Gasteiger partial charge is 0.316 e. The smallest absolute Gasteiger partial charge is 0.275 e. The third-order valence-corrected chi connectivity index (χ3v) is 3.32. The minimum Gasteiger partial charge on any atom is -0.316 e. The number of hydrogen-bond acceptors (Lipinski definition) is 4. The molecule has 2 rings (SSSR count). The summed E-state index contributed by atoms with van der Waals surface area (Å²) in [6.07, 6.45) is 4.86. The van der Waals surface area contributed by atoms with E-state index < -0.39 is 0 Å². The summed E-state index contributed by atoms with van der Waals surface area (Å²) in [4.78, 5) is 14.8. The van der Waals surface area contributed by atoms with Gasteiger partial charge in [-0.1, -0.05) is 0 Å². The molecule has 0 spiro atoms. The minimum atomic E-state index is -0.341. The highest BCUT2D eigenvalue weighted by Crippen LogP contribution is 2.34. The predicted molar refractivity (Wildman–Crippen MR) is 64.9 cm³/mol. The molecule has 1 aromatic heterocycles. The molecule has 0 bridgehead atoms. The molecule has 1 aromatic rings. The zero-order chi connectivity index (χ0) is 12.4. The molecule has 1 atom stereocenters. The van der Waals surface area contributed by atoms with Gasteiger partial charge < -0.3 is 5.32 Å². The van der Waals surface area contributed by atoms with Gasteiger partial charge in [-0.25, -0.2) is 0 Å². The topological polar surface area (TPSA) is 68.1 Å². The number of aryl methyl sites for hydroxylation is 1. The summed E-state index contributed by atoms with van der Waals surface area (Å²) in [7, 11) is 1.94. The Morgan fingerprint density at radius 2 is 2.35 bits per heavy atom. The molecule has 17 heavy (non-hydrogen) atoms. The van der Waals surface area contributed by atoms with Gasteiger partial charge in [0.15, 0.2) is 0 Å². The molecule has 1 saturated carbocycles. The molecular weight excluding hydrogens is 218 g/mol. The third-order valence-electron chi connectivity index (χ3n) is 3.32. The van der Waals surface area contributed by atoms with Crippen LogP contribution >= 0.6 is 0 Å². The molecule has 5 heteroatoms. The standard InChI is InChI=1S/C12H17N3O2/c1-8-7-14-10(6-12(8)15(16)17)5-11(13-2)9-3-4-9/h6-7,9,11,13H,3-5H2,1-2H3. The van der Waals surface area contributed by atoms with E-state index in [1.807, 2.05) is 7.05 Å². The van der Waals surface area contributed by atoms with Crippen LogP contribution in [0.25, 0.3) is 0 Å². The zero-order valence-corrected chi connectivity index (χ0v) is 10.1. The summed E-state index contributed by atoms with van der Waals surface area (Å²) in [6.45, 7) is 1.71. The number of rotatable bonds is 5. The molecule has 1 heterocycles. The normalized spacial score (nSPS) is 16.8. The molecule has 1 fully saturated rings. The van der Waals surface area contributed by atoms with Crippen LogP contribution in [0.4, 0.5) is 5.69 Å². The first kappa shape index (κ1) is 12.0. The van der Waals surface area contributed by atoms with Gasteiger partial charge in [-0.3, -0.25) is 15.1 Å². The summed E-state index contributed by atoms with van der Waals surface area (Å²) >= 11 is 0. The molecule has 5 nitrogen and oxygen atoms in total. The van der Waals surface area contributed by atoms with E-state index in [1.165, 1.54) is 12.8 Å². The van der Waals surface area contributed by atoms with Crippen LogP contribution in [0.2, 0.25) is 0 Å². The number of nitrogens with one attached hydrogen (secondary N) is 1. The van der Waals surface area contributed by atoms with E-state index in [1.54, 1.807) is 19.2 Å². The van der Waals surface area contributed by atoms with Gasteiger partial charge in [0.1, 0.15) is 0 Å². The average Bonchev–Trinajstić information content (AvgIpc) is 3.11. The Morgan fingerprint density at radius 3 is 2.88 bits per heavy atom. The molecule has 92 valence electrons. The van der Waals surface area contributed by atoms with Gasteiger partial charge in [0.25, 0.3) is 5.69 Å². The Balaban J connectivity index is 2.15. The van der Waals surface area contributed by atoms with E-state index in [2.05, 4.69) is 10.3 Å². The third kappa shape index (κ3) is 2.79. The van der Waals surface area contributed by atoms with Crippen molar-refractivity contribution in [3.63, 3.8) is 0 Å². The van der Waals surface area contributed by atoms with E-state index in [4.69, 9.17) is 0 Å². The zero-order valence-electron chi connectivity index (χ0n) is 10.1. The lowest BCUT2D eigenvalue weighted by atomic mass is 10.1. The lowest BCUT2D eigenvalue weighted by Gasteiger charge is -2.14. The van der Waals surface area contributed by atoms with Crippen LogP contribution in [0.15, 0.2) is 12.3 Å². The fraction of sp³-hybridized carbons (Fsp3) is 0.583. The lowest BCUT2D eigenvalue weighted by Crippen LogP contribution is -2.30. The quantitative estimate of drug-likeness (QED) is 0.624. The van der Waals surface area contributed by atoms with Gasteiger partial charge >= 0.3 is 0 Å². The van der Waals surface area contributed by atoms with E-state index in [-0.39, 0.29) is 10.6 Å². The SMILES string of the molecule is CNC(Cc1cc([N+](=O)[O-])c(C)cn1)C1CC1. The summed E-state index contributed by atoms with van der Waals surface area (Å²) in [5, 5.41) is 14.1. The second kappa shape index (κ2) is 4.79. The highest BCUT2D eigenvalue weighted by Gasteiger charge is 2.30. The van der Waals surface area contributed by atoms with E-state index in [9.17, 15) is 10.1 Å². The lowest BCUT2D eigenvalue weighted by molar-refractivity contribution is -0.385. The van der Waals surface area contributed by atoms with Crippen LogP contribution in [0, 0.1) is 23.0 Å². The van der Waals surface area contributed by atoms with Crippen molar-refractivity contribution >= 4 is 5.69 Å². The van der Waals surface area contributed by atoms with Crippen LogP contribution in [0.3, 0.4) is 0 Å². The van der Waals surface area contributed by atoms with Crippen molar-refractivity contribution < 1.29 is 4.92 Å². The number of pyridine rings is 1. The van der Waals surface area contributed by atoms with Gasteiger partial charge in [-0.2, -0.15) is 0 Å². The van der Waals surface area contributed by atoms with Crippen LogP contribution < -0.4 is 5.32 Å². The monoisotopic (exact) mass is 235 g/mol. The Morgan fingerprint density at radius 1 is 1.65 bits per heavy atom. The van der Waals surface area contributed by atoms with Crippen LogP contribution in [0.5, 0.6) is 0 Å². The minimum absolute atomic E-state index is 0.167. The van der Waals surface area contributed by atoms with Crippen molar-refractivity contribution in [2.75, 3.05) is 7.05 Å². The van der Waals surface area contributed by atoms with Crippen molar-refractivity contribution in [1.82, 2.24) is 10.3 Å². The number of aromatic nitrogens is 1. The van der Waals surface area contributed by atoms with Crippen molar-refractivity contribution in [1.29, 1.82) is 0 Å². The molecule has 1 aliphatic carbocycles. The first-order chi connectivity index (χ1) is 8.11. The maximum atomic E-state index is 10.8. The molecule has 1 unspecified atom stereocenters. The molecule has 0 aliphatic heterocycles. The average molecular weight is 235 g/mol. The molecule has 0 radical (unpaired) electrons. The highest BCUT2D eigenvalue weighted by atomic mass is 16.6. The summed E-state index contributed by atoms with van der Waals surface area (Å²) in [5.74, 6) is 0.710. The fourth-order valence-electron chi connectivity index (χ4n) is 2.09. The number of hydrogen-bond donors (Lipinski definition) is 1. The van der Waals surface area contributed by atoms with Crippen molar-refractivity contribution in [2.24, 2.45) is 5.92 Å². The maximum absolute atomic E-state index is 10.8. The van der Waals surface area contributed by atoms with Crippen molar-refractivity contribution in [2.45, 2.75) is 32.2 Å². The van der Waals surface area contributed by atoms with E-state index in [0.29, 0.717) is 17.5 Å². The van der Waals surface area contributed by atoms with Crippen molar-refractivity contribution in [3.8, 4) is 0 Å². The summed E-state index contributed by atoms with van der Waals surface area (Å²) in [5.41, 5.74) is 1.58. The first-order valence-electron chi connectivity index (χ1n) is 5.89. The van der Waals surface area contributed by atoms with Crippen LogP contribution in [-0.4, -0.2) is 23.0 Å². The molecule has 0 amide bonds. The number of nitrogens with zero attached hydrogens (tertiary/aromatic N) is 2. The van der Waals surface area contributed by atoms with Gasteiger partial charge in [0.2, 0.25) is 0 Å². The summed E-state index contributed by atoms with van der Waals surface area (Å²) < 4.78 is 0. The van der Waals surface area contributed by atoms with Gasteiger partial charge in [0.05, 0.1) is 4.92 Å². The Kier molecular flexibility index (Phi) is 3.38. The Hall–Kier alpha value is -1.49. The highest BCUT2D eigenvalue weighted by molar-refractivity contribution is 5.38. The van der Waals surface area contributed by atoms with Gasteiger partial charge in [-0.05, 0) is 32.7 Å². The Labute approximate surface area is 100 Å². The second-order valence-corrected chi connectivity index (χ2v) is 4.66. The molecule has 1 N–H and O–H groups in total. The van der Waals surface area contributed by atoms with Gasteiger partial charge in [0, 0.05) is 36.0 Å². The van der Waals surface area contributed by atoms with Gasteiger partial charge in [-0.15, -0.1) is 0 Å². The second-order valence-electron chi connectivity index (χ2n) is 4.66. The molecular formula is C12H17N3O2. The Bertz CT molecular complexity index is 430. The predicted octanol–water partition coefficient (Wildman–Crippen LogP) is 1.84. The summed E-state index contributed by atoms with van der Waals surface area (Å²) in [6, 6.07) is 1.99. The van der Waals surface area contributed by atoms with E-state index in [0.717, 1.165) is 12.1 Å². The number of nitro groups is 1. The van der Waals surface area contributed by atoms with Crippen molar-refractivity contribution in [3.05, 3.63) is 33.6 Å². The van der Waals surface area contributed by atoms with Crippen LogP contribution in [-0.2, 0) is 6.42 Å². The van der Waals surface area contributed by atoms with E-state index >= 15 is 0 Å². The number of likely N-dealkylation sites (N-methyl/N-ethyl adjacent to an activating group) is 1. The first-order valence-corrected chi connectivity index (χ1v) is 5.89.